The van der Waals surface area contributed by atoms with E-state index in [1.807, 2.05) is 13.0 Å². The minimum atomic E-state index is -0.536. The highest BCUT2D eigenvalue weighted by atomic mass is 16.5. The molecule has 0 fully saturated rings. The maximum Gasteiger partial charge on any atom is 0.330 e. The van der Waals surface area contributed by atoms with E-state index in [1.54, 1.807) is 30.3 Å². The molecule has 0 aromatic heterocycles. The molecular weight excluding hydrogens is 256 g/mol. The van der Waals surface area contributed by atoms with E-state index in [4.69, 9.17) is 10.00 Å². The number of esters is 1. The third-order valence-corrected chi connectivity index (χ3v) is 2.36. The van der Waals surface area contributed by atoms with Crippen molar-refractivity contribution in [2.24, 2.45) is 0 Å². The lowest BCUT2D eigenvalue weighted by molar-refractivity contribution is -0.142. The lowest BCUT2D eigenvalue weighted by Crippen LogP contribution is -2.20. The van der Waals surface area contributed by atoms with Crippen LogP contribution in [0.15, 0.2) is 36.4 Å². The van der Waals surface area contributed by atoms with Crippen molar-refractivity contribution < 1.29 is 14.3 Å². The van der Waals surface area contributed by atoms with E-state index in [1.165, 1.54) is 6.08 Å². The predicted molar refractivity (Wildman–Crippen MR) is 74.8 cm³/mol. The normalized spacial score (nSPS) is 10.0. The van der Waals surface area contributed by atoms with Gasteiger partial charge in [0, 0.05) is 11.8 Å². The van der Waals surface area contributed by atoms with Gasteiger partial charge in [-0.05, 0) is 24.1 Å². The van der Waals surface area contributed by atoms with Gasteiger partial charge in [-0.25, -0.2) is 4.79 Å². The summed E-state index contributed by atoms with van der Waals surface area (Å²) in [7, 11) is 0. The second-order valence-electron chi connectivity index (χ2n) is 4.00. The first kappa shape index (κ1) is 15.4. The number of nitrogens with zero attached hydrogens (tertiary/aromatic N) is 1. The second kappa shape index (κ2) is 8.48. The molecule has 1 N–H and O–H groups in total. The fourth-order valence-electron chi connectivity index (χ4n) is 1.39. The average Bonchev–Trinajstić information content (AvgIpc) is 2.45. The van der Waals surface area contributed by atoms with E-state index < -0.39 is 11.9 Å². The smallest absolute Gasteiger partial charge is 0.330 e. The van der Waals surface area contributed by atoms with Gasteiger partial charge in [-0.3, -0.25) is 4.79 Å². The number of hydrogen-bond donors (Lipinski definition) is 1. The summed E-state index contributed by atoms with van der Waals surface area (Å²) >= 11 is 0. The number of benzene rings is 1. The Balaban J connectivity index is 2.40. The first-order valence-corrected chi connectivity index (χ1v) is 6.24. The van der Waals surface area contributed by atoms with E-state index in [0.29, 0.717) is 12.1 Å². The summed E-state index contributed by atoms with van der Waals surface area (Å²) in [4.78, 5) is 22.7. The third-order valence-electron chi connectivity index (χ3n) is 2.36. The fourth-order valence-corrected chi connectivity index (χ4v) is 1.39. The van der Waals surface area contributed by atoms with E-state index in [2.05, 4.69) is 5.32 Å². The number of anilines is 1. The molecule has 1 aromatic rings. The maximum atomic E-state index is 11.5. The molecule has 0 aliphatic carbocycles. The first-order valence-electron chi connectivity index (χ1n) is 6.24. The van der Waals surface area contributed by atoms with Crippen LogP contribution in [-0.2, 0) is 20.7 Å². The highest BCUT2D eigenvalue weighted by Gasteiger charge is 2.05. The van der Waals surface area contributed by atoms with Crippen LogP contribution in [0.5, 0.6) is 0 Å². The van der Waals surface area contributed by atoms with Gasteiger partial charge in [0.1, 0.15) is 0 Å². The Hall–Kier alpha value is -2.61. The summed E-state index contributed by atoms with van der Waals surface area (Å²) < 4.78 is 4.76. The van der Waals surface area contributed by atoms with Crippen molar-refractivity contribution in [3.05, 3.63) is 42.0 Å². The number of nitrogens with one attached hydrogen (secondary N) is 1. The number of hydrogen-bond acceptors (Lipinski definition) is 4. The summed E-state index contributed by atoms with van der Waals surface area (Å²) in [5.41, 5.74) is 1.47. The van der Waals surface area contributed by atoms with Crippen LogP contribution in [0.25, 0.3) is 0 Å². The molecule has 0 heterocycles. The highest BCUT2D eigenvalue weighted by Crippen LogP contribution is 2.09. The Bertz CT molecular complexity index is 527. The van der Waals surface area contributed by atoms with Crippen LogP contribution < -0.4 is 5.32 Å². The molecule has 104 valence electrons. The molecular formula is C15H16N2O3. The number of ether oxygens (including phenoxy) is 1. The zero-order chi connectivity index (χ0) is 14.8. The Morgan fingerprint density at radius 3 is 2.65 bits per heavy atom. The summed E-state index contributed by atoms with van der Waals surface area (Å²) in [6.45, 7) is 1.57. The van der Waals surface area contributed by atoms with Gasteiger partial charge in [0.2, 0.25) is 0 Å². The van der Waals surface area contributed by atoms with Gasteiger partial charge >= 0.3 is 5.97 Å². The van der Waals surface area contributed by atoms with Gasteiger partial charge in [-0.1, -0.05) is 25.1 Å². The minimum absolute atomic E-state index is 0.327. The van der Waals surface area contributed by atoms with Crippen LogP contribution in [0.3, 0.4) is 0 Å². The van der Waals surface area contributed by atoms with Crippen LogP contribution >= 0.6 is 0 Å². The quantitative estimate of drug-likeness (QED) is 0.636. The van der Waals surface area contributed by atoms with Crippen molar-refractivity contribution in [2.75, 3.05) is 11.9 Å². The number of carbonyl (C=O) groups excluding carboxylic acids is 2. The zero-order valence-electron chi connectivity index (χ0n) is 11.3. The third kappa shape index (κ3) is 5.83. The summed E-state index contributed by atoms with van der Waals surface area (Å²) in [5, 5.41) is 11.1. The molecule has 1 aromatic carbocycles. The zero-order valence-corrected chi connectivity index (χ0v) is 11.3. The molecule has 0 unspecified atom stereocenters. The van der Waals surface area contributed by atoms with Gasteiger partial charge in [0.05, 0.1) is 12.5 Å². The molecule has 1 rings (SSSR count). The van der Waals surface area contributed by atoms with E-state index in [-0.39, 0.29) is 6.61 Å². The van der Waals surface area contributed by atoms with E-state index in [0.717, 1.165) is 12.0 Å². The Kier molecular flexibility index (Phi) is 6.55. The van der Waals surface area contributed by atoms with Gasteiger partial charge in [-0.2, -0.15) is 5.26 Å². The standard InChI is InChI=1S/C15H16N2O3/c1-2-3-4-15(19)20-11-14(18)17-13-7-5-12(6-8-13)9-10-16/h3-8H,2,9,11H2,1H3,(H,17,18)/b4-3+. The first-order chi connectivity index (χ1) is 9.65. The monoisotopic (exact) mass is 272 g/mol. The molecule has 0 saturated carbocycles. The SMILES string of the molecule is CC/C=C/C(=O)OCC(=O)Nc1ccc(CC#N)cc1. The van der Waals surface area contributed by atoms with E-state index in [9.17, 15) is 9.59 Å². The minimum Gasteiger partial charge on any atom is -0.452 e. The van der Waals surface area contributed by atoms with Crippen LogP contribution in [0.1, 0.15) is 18.9 Å². The average molecular weight is 272 g/mol. The van der Waals surface area contributed by atoms with Crippen molar-refractivity contribution in [1.29, 1.82) is 5.26 Å². The molecule has 20 heavy (non-hydrogen) atoms. The van der Waals surface area contributed by atoms with Crippen molar-refractivity contribution in [3.63, 3.8) is 0 Å². The van der Waals surface area contributed by atoms with Gasteiger partial charge in [0.25, 0.3) is 5.91 Å². The van der Waals surface area contributed by atoms with Crippen molar-refractivity contribution >= 4 is 17.6 Å². The molecule has 5 heteroatoms. The molecule has 1 amide bonds. The molecule has 0 bridgehead atoms. The largest absolute Gasteiger partial charge is 0.452 e. The number of allylic oxidation sites excluding steroid dienone is 1. The molecule has 0 aliphatic rings. The summed E-state index contributed by atoms with van der Waals surface area (Å²) in [6, 6.07) is 8.96. The number of rotatable bonds is 6. The highest BCUT2D eigenvalue weighted by molar-refractivity contribution is 5.93. The summed E-state index contributed by atoms with van der Waals surface area (Å²) in [5.74, 6) is -0.942. The van der Waals surface area contributed by atoms with Crippen LogP contribution in [0, 0.1) is 11.3 Å². The number of amides is 1. The van der Waals surface area contributed by atoms with Crippen LogP contribution in [0.4, 0.5) is 5.69 Å². The Labute approximate surface area is 117 Å². The maximum absolute atomic E-state index is 11.5. The van der Waals surface area contributed by atoms with Crippen LogP contribution in [-0.4, -0.2) is 18.5 Å². The van der Waals surface area contributed by atoms with Crippen molar-refractivity contribution in [3.8, 4) is 6.07 Å². The summed E-state index contributed by atoms with van der Waals surface area (Å²) in [6.07, 6.45) is 4.02. The van der Waals surface area contributed by atoms with Gasteiger partial charge < -0.3 is 10.1 Å². The van der Waals surface area contributed by atoms with Gasteiger partial charge in [0.15, 0.2) is 6.61 Å². The molecule has 0 spiro atoms. The molecule has 5 nitrogen and oxygen atoms in total. The van der Waals surface area contributed by atoms with E-state index >= 15 is 0 Å². The predicted octanol–water partition coefficient (Wildman–Crippen LogP) is 2.20. The lowest BCUT2D eigenvalue weighted by Gasteiger charge is -2.05. The van der Waals surface area contributed by atoms with Crippen molar-refractivity contribution in [1.82, 2.24) is 0 Å². The topological polar surface area (TPSA) is 79.2 Å². The molecule has 0 atom stereocenters. The number of carbonyl (C=O) groups is 2. The second-order valence-corrected chi connectivity index (χ2v) is 4.00. The molecule has 0 aliphatic heterocycles. The number of nitriles is 1. The Morgan fingerprint density at radius 1 is 1.35 bits per heavy atom. The molecule has 0 saturated heterocycles. The van der Waals surface area contributed by atoms with Crippen LogP contribution in [0.2, 0.25) is 0 Å². The fraction of sp³-hybridized carbons (Fsp3) is 0.267. The molecule has 0 radical (unpaired) electrons. The lowest BCUT2D eigenvalue weighted by atomic mass is 10.1. The van der Waals surface area contributed by atoms with Crippen molar-refractivity contribution in [2.45, 2.75) is 19.8 Å². The Morgan fingerprint density at radius 2 is 2.05 bits per heavy atom. The van der Waals surface area contributed by atoms with Gasteiger partial charge in [-0.15, -0.1) is 0 Å².